The van der Waals surface area contributed by atoms with Crippen LogP contribution in [0.2, 0.25) is 0 Å². The normalized spacial score (nSPS) is 18.4. The summed E-state index contributed by atoms with van der Waals surface area (Å²) in [5, 5.41) is 3.30. The van der Waals surface area contributed by atoms with Crippen molar-refractivity contribution in [2.75, 3.05) is 14.7 Å². The predicted octanol–water partition coefficient (Wildman–Crippen LogP) is 19.6. The Bertz CT molecular complexity index is 4470. The van der Waals surface area contributed by atoms with E-state index >= 15 is 0 Å². The number of hydrogen-bond donors (Lipinski definition) is 0. The van der Waals surface area contributed by atoms with Crippen LogP contribution in [0.15, 0.2) is 162 Å². The van der Waals surface area contributed by atoms with Crippen LogP contribution in [0, 0.1) is 0 Å². The fourth-order valence-corrected chi connectivity index (χ4v) is 15.5. The number of benzene rings is 8. The summed E-state index contributed by atoms with van der Waals surface area (Å²) in [7, 11) is 0. The highest BCUT2D eigenvalue weighted by Crippen LogP contribution is 2.56. The van der Waals surface area contributed by atoms with Gasteiger partial charge in [-0.2, -0.15) is 0 Å². The molecule has 0 fully saturated rings. The van der Waals surface area contributed by atoms with Crippen molar-refractivity contribution in [2.24, 2.45) is 0 Å². The molecule has 0 saturated carbocycles. The zero-order valence-corrected chi connectivity index (χ0v) is 50.0. The third-order valence-electron chi connectivity index (χ3n) is 19.1. The highest BCUT2D eigenvalue weighted by molar-refractivity contribution is 7.33. The third kappa shape index (κ3) is 7.74. The largest absolute Gasteiger partial charge is 0.454 e. The van der Waals surface area contributed by atoms with Gasteiger partial charge in [0.25, 0.3) is 6.71 Å². The number of nitrogens with zero attached hydrogens (tertiary/aromatic N) is 3. The van der Waals surface area contributed by atoms with Gasteiger partial charge < -0.3 is 19.1 Å². The van der Waals surface area contributed by atoms with Crippen LogP contribution in [0.4, 0.5) is 51.2 Å². The Morgan fingerprint density at radius 2 is 1.12 bits per heavy atom. The summed E-state index contributed by atoms with van der Waals surface area (Å²) in [6.07, 6.45) is 4.35. The molecule has 0 amide bonds. The Balaban J connectivity index is 1.18. The molecular formula is C74H76BN3OS. The fourth-order valence-electron chi connectivity index (χ4n) is 14.1. The molecule has 0 atom stereocenters. The molecule has 2 aliphatic carbocycles. The minimum atomic E-state index is -0.434. The van der Waals surface area contributed by atoms with Gasteiger partial charge in [-0.3, -0.25) is 0 Å². The zero-order chi connectivity index (χ0) is 60.1. The third-order valence-corrected chi connectivity index (χ3v) is 20.4. The quantitative estimate of drug-likeness (QED) is 0.160. The maximum atomic E-state index is 9.72. The molecule has 4 aliphatic rings. The van der Waals surface area contributed by atoms with Crippen molar-refractivity contribution in [3.63, 3.8) is 0 Å². The highest BCUT2D eigenvalue weighted by Gasteiger charge is 2.48. The number of hydrogen-bond acceptors (Lipinski definition) is 5. The predicted molar refractivity (Wildman–Crippen MR) is 346 cm³/mol. The lowest BCUT2D eigenvalue weighted by Crippen LogP contribution is -2.60. The summed E-state index contributed by atoms with van der Waals surface area (Å²) in [5.74, 6) is 0. The van der Waals surface area contributed by atoms with Gasteiger partial charge in [-0.05, 0) is 187 Å². The van der Waals surface area contributed by atoms with Gasteiger partial charge in [0.1, 0.15) is 5.58 Å². The summed E-state index contributed by atoms with van der Waals surface area (Å²) < 4.78 is 56.3. The lowest BCUT2D eigenvalue weighted by atomic mass is 9.36. The average molecular weight is 1070 g/mol. The van der Waals surface area contributed by atoms with Gasteiger partial charge in [-0.15, -0.1) is 11.3 Å². The molecule has 402 valence electrons. The van der Waals surface area contributed by atoms with Crippen LogP contribution in [0.25, 0.3) is 32.0 Å². The minimum absolute atomic E-state index is 0.0129. The average Bonchev–Trinajstić information content (AvgIpc) is 1.93. The van der Waals surface area contributed by atoms with E-state index in [4.69, 9.17) is 5.79 Å². The second-order valence-electron chi connectivity index (χ2n) is 28.4. The Morgan fingerprint density at radius 3 is 1.80 bits per heavy atom. The first-order chi connectivity index (χ1) is 40.0. The smallest absolute Gasteiger partial charge is 0.264 e. The second kappa shape index (κ2) is 17.3. The summed E-state index contributed by atoms with van der Waals surface area (Å²) in [6.45, 7) is 32.7. The minimum Gasteiger partial charge on any atom is -0.454 e. The lowest BCUT2D eigenvalue weighted by Gasteiger charge is -2.45. The topological polar surface area (TPSA) is 22.9 Å². The number of thiophene rings is 1. The Morgan fingerprint density at radius 1 is 0.512 bits per heavy atom. The van der Waals surface area contributed by atoms with E-state index in [9.17, 15) is 5.48 Å². The van der Waals surface area contributed by atoms with Crippen molar-refractivity contribution < 1.29 is 11.3 Å². The van der Waals surface area contributed by atoms with Crippen molar-refractivity contribution in [1.82, 2.24) is 0 Å². The number of fused-ring (bicyclic) bond motifs is 11. The Hall–Kier alpha value is -7.02. The van der Waals surface area contributed by atoms with Crippen LogP contribution in [-0.4, -0.2) is 6.71 Å². The van der Waals surface area contributed by atoms with Gasteiger partial charge >= 0.3 is 0 Å². The molecule has 0 saturated heterocycles. The second-order valence-corrected chi connectivity index (χ2v) is 29.4. The first-order valence-electron chi connectivity index (χ1n) is 31.5. The summed E-state index contributed by atoms with van der Waals surface area (Å²) in [4.78, 5) is 6.88. The van der Waals surface area contributed by atoms with Crippen LogP contribution in [0.1, 0.15) is 163 Å². The van der Waals surface area contributed by atoms with E-state index in [1.807, 2.05) is 46.6 Å². The molecule has 0 unspecified atom stereocenters. The molecule has 10 aromatic rings. The van der Waals surface area contributed by atoms with Crippen LogP contribution >= 0.6 is 11.3 Å². The van der Waals surface area contributed by atoms with Gasteiger partial charge in [-0.1, -0.05) is 170 Å². The Labute approximate surface area is 486 Å². The van der Waals surface area contributed by atoms with Crippen molar-refractivity contribution in [2.45, 2.75) is 155 Å². The molecule has 6 heteroatoms. The molecule has 80 heavy (non-hydrogen) atoms. The highest BCUT2D eigenvalue weighted by atomic mass is 32.1. The zero-order valence-electron chi connectivity index (χ0n) is 54.2. The molecule has 0 radical (unpaired) electrons. The van der Waals surface area contributed by atoms with E-state index in [0.29, 0.717) is 11.4 Å². The molecule has 2 aromatic heterocycles. The number of furan rings is 1. The van der Waals surface area contributed by atoms with Gasteiger partial charge in [0, 0.05) is 59.8 Å². The standard InChI is InChI=1S/C74H76BN3OS/c1-69(2,3)45-29-33-63-52(38-45)51-26-21-27-60(67(51)79-63)78-59-32-28-46(70(4,5)6)39-58(59)75-65-61(41-50(42-62(65)78)76(47-22-17-15-18-23-47)48-24-19-16-20-25-48)77(49-30-31-54-55(40-49)72(9,10)35-34-71(54,7)8)66-53-43-56-57(44-64(53)80-68(66)75)74(13,14)37-36-73(56,11)12/h15-33,38-44H,34-37H2,1-14H3/i15D,17D,18D,22D,23D. The molecule has 2 aliphatic heterocycles. The van der Waals surface area contributed by atoms with Crippen molar-refractivity contribution in [1.29, 1.82) is 0 Å². The van der Waals surface area contributed by atoms with Gasteiger partial charge in [-0.25, -0.2) is 0 Å². The van der Waals surface area contributed by atoms with E-state index in [2.05, 4.69) is 204 Å². The van der Waals surface area contributed by atoms with Crippen molar-refractivity contribution >= 4 is 117 Å². The van der Waals surface area contributed by atoms with Gasteiger partial charge in [0.15, 0.2) is 5.58 Å². The van der Waals surface area contributed by atoms with Crippen molar-refractivity contribution in [3.05, 3.63) is 191 Å². The number of rotatable bonds is 5. The van der Waals surface area contributed by atoms with Crippen LogP contribution in [-0.2, 0) is 32.5 Å². The summed E-state index contributed by atoms with van der Waals surface area (Å²) in [6, 6.07) is 45.1. The molecular weight excluding hydrogens is 990 g/mol. The molecule has 0 N–H and O–H groups in total. The molecule has 0 bridgehead atoms. The monoisotopic (exact) mass is 1070 g/mol. The maximum absolute atomic E-state index is 9.72. The maximum Gasteiger partial charge on any atom is 0.264 e. The fraction of sp³-hybridized carbons (Fsp3) is 0.324. The first kappa shape index (κ1) is 45.7. The van der Waals surface area contributed by atoms with E-state index in [1.54, 1.807) is 0 Å². The van der Waals surface area contributed by atoms with Crippen molar-refractivity contribution in [3.8, 4) is 0 Å². The van der Waals surface area contributed by atoms with E-state index in [0.717, 1.165) is 81.5 Å². The Kier molecular flexibility index (Phi) is 9.85. The van der Waals surface area contributed by atoms with E-state index in [1.165, 1.54) is 59.4 Å². The lowest BCUT2D eigenvalue weighted by molar-refractivity contribution is 0.332. The molecule has 4 nitrogen and oxygen atoms in total. The molecule has 0 spiro atoms. The van der Waals surface area contributed by atoms with Gasteiger partial charge in [0.05, 0.1) is 23.9 Å². The van der Waals surface area contributed by atoms with Crippen LogP contribution < -0.4 is 30.4 Å². The van der Waals surface area contributed by atoms with E-state index in [-0.39, 0.29) is 57.0 Å². The van der Waals surface area contributed by atoms with Gasteiger partial charge in [0.2, 0.25) is 0 Å². The molecule has 4 heterocycles. The van der Waals surface area contributed by atoms with Crippen LogP contribution in [0.5, 0.6) is 0 Å². The SMILES string of the molecule is [2H]c1c([2H])c([2H])c(N(c2ccccc2)c2cc3c4c(c2)N(c2cccc5c2oc2ccc(C(C)(C)C)cc25)c2ccc(C(C)(C)C)cc2B4c2sc4cc5c(cc4c2N3c2ccc3c(c2)C(C)(C)CCC3(C)C)C(C)(C)CCC5(C)C)c([2H])c1[2H]. The summed E-state index contributed by atoms with van der Waals surface area (Å²) >= 11 is 1.94. The number of anilines is 9. The number of para-hydroxylation sites is 3. The summed E-state index contributed by atoms with van der Waals surface area (Å²) in [5.41, 5.74) is 18.9. The van der Waals surface area contributed by atoms with E-state index < -0.39 is 18.1 Å². The first-order valence-corrected chi connectivity index (χ1v) is 29.9. The molecule has 14 rings (SSSR count). The van der Waals surface area contributed by atoms with Crippen LogP contribution in [0.3, 0.4) is 0 Å². The molecule has 8 aromatic carbocycles.